The molecule has 0 aliphatic heterocycles. The molecule has 0 bridgehead atoms. The molecule has 4 nitrogen and oxygen atoms in total. The molecule has 0 saturated heterocycles. The van der Waals surface area contributed by atoms with Crippen molar-refractivity contribution < 1.29 is 19.1 Å². The predicted molar refractivity (Wildman–Crippen MR) is 112 cm³/mol. The van der Waals surface area contributed by atoms with Crippen molar-refractivity contribution in [2.45, 2.75) is 33.0 Å². The first-order chi connectivity index (χ1) is 14.1. The number of hydrogen-bond acceptors (Lipinski definition) is 4. The first-order valence-corrected chi connectivity index (χ1v) is 9.68. The molecule has 0 aromatic heterocycles. The van der Waals surface area contributed by atoms with Gasteiger partial charge >= 0.3 is 5.97 Å². The molecule has 0 aliphatic rings. The maximum absolute atomic E-state index is 12.7. The first kappa shape index (κ1) is 20.3. The summed E-state index contributed by atoms with van der Waals surface area (Å²) in [5.74, 6) is -0.0444. The van der Waals surface area contributed by atoms with Gasteiger partial charge in [0.2, 0.25) is 5.78 Å². The molecule has 3 aromatic carbocycles. The van der Waals surface area contributed by atoms with Crippen molar-refractivity contribution >= 4 is 11.8 Å². The van der Waals surface area contributed by atoms with Crippen LogP contribution in [0.4, 0.5) is 0 Å². The molecule has 3 rings (SSSR count). The second kappa shape index (κ2) is 9.69. The van der Waals surface area contributed by atoms with Crippen LogP contribution < -0.4 is 4.74 Å². The Balaban J connectivity index is 1.67. The zero-order valence-corrected chi connectivity index (χ0v) is 16.6. The summed E-state index contributed by atoms with van der Waals surface area (Å²) in [7, 11) is 0. The van der Waals surface area contributed by atoms with Gasteiger partial charge in [0, 0.05) is 11.1 Å². The minimum atomic E-state index is -0.877. The number of rotatable bonds is 8. The molecule has 0 heterocycles. The van der Waals surface area contributed by atoms with Crippen molar-refractivity contribution in [1.82, 2.24) is 0 Å². The van der Waals surface area contributed by atoms with E-state index in [1.807, 2.05) is 54.6 Å². The Morgan fingerprint density at radius 2 is 1.52 bits per heavy atom. The van der Waals surface area contributed by atoms with Crippen LogP contribution in [0.25, 0.3) is 0 Å². The molecular formula is C25H24O4. The summed E-state index contributed by atoms with van der Waals surface area (Å²) in [5, 5.41) is 0. The molecule has 0 radical (unpaired) electrons. The lowest BCUT2D eigenvalue weighted by molar-refractivity contribution is 0.0316. The first-order valence-electron chi connectivity index (χ1n) is 9.68. The van der Waals surface area contributed by atoms with Crippen molar-refractivity contribution in [3.63, 3.8) is 0 Å². The molecule has 4 heteroatoms. The summed E-state index contributed by atoms with van der Waals surface area (Å²) in [4.78, 5) is 25.3. The SMILES string of the molecule is CCc1ccc(C(=O)[C@@H](C)OC(=O)c2ccccc2COc2ccccc2)cc1. The van der Waals surface area contributed by atoms with Gasteiger partial charge in [0.1, 0.15) is 12.4 Å². The van der Waals surface area contributed by atoms with Gasteiger partial charge in [-0.2, -0.15) is 0 Å². The molecule has 0 amide bonds. The van der Waals surface area contributed by atoms with Crippen molar-refractivity contribution in [3.05, 3.63) is 101 Å². The van der Waals surface area contributed by atoms with Gasteiger partial charge in [0.05, 0.1) is 5.56 Å². The van der Waals surface area contributed by atoms with Gasteiger partial charge in [-0.3, -0.25) is 4.79 Å². The van der Waals surface area contributed by atoms with Crippen LogP contribution in [-0.2, 0) is 17.8 Å². The lowest BCUT2D eigenvalue weighted by Gasteiger charge is -2.15. The smallest absolute Gasteiger partial charge is 0.339 e. The van der Waals surface area contributed by atoms with Crippen molar-refractivity contribution in [1.29, 1.82) is 0 Å². The highest BCUT2D eigenvalue weighted by Crippen LogP contribution is 2.17. The zero-order valence-electron chi connectivity index (χ0n) is 16.6. The Morgan fingerprint density at radius 1 is 0.862 bits per heavy atom. The van der Waals surface area contributed by atoms with Gasteiger partial charge in [-0.25, -0.2) is 4.79 Å². The van der Waals surface area contributed by atoms with Crippen LogP contribution in [0.15, 0.2) is 78.9 Å². The lowest BCUT2D eigenvalue weighted by atomic mass is 10.0. The van der Waals surface area contributed by atoms with E-state index in [0.717, 1.165) is 17.7 Å². The molecule has 0 aliphatic carbocycles. The third-order valence-corrected chi connectivity index (χ3v) is 4.67. The molecule has 3 aromatic rings. The van der Waals surface area contributed by atoms with Crippen LogP contribution in [-0.4, -0.2) is 17.9 Å². The number of esters is 1. The topological polar surface area (TPSA) is 52.6 Å². The number of ketones is 1. The van der Waals surface area contributed by atoms with E-state index in [1.165, 1.54) is 0 Å². The molecule has 1 atom stereocenters. The second-order valence-electron chi connectivity index (χ2n) is 6.72. The van der Waals surface area contributed by atoms with Crippen LogP contribution in [0.2, 0.25) is 0 Å². The van der Waals surface area contributed by atoms with E-state index in [0.29, 0.717) is 16.7 Å². The van der Waals surface area contributed by atoms with E-state index in [1.54, 1.807) is 31.2 Å². The molecule has 0 spiro atoms. The van der Waals surface area contributed by atoms with Gasteiger partial charge < -0.3 is 9.47 Å². The maximum atomic E-state index is 12.7. The number of benzene rings is 3. The highest BCUT2D eigenvalue weighted by atomic mass is 16.5. The number of carbonyl (C=O) groups excluding carboxylic acids is 2. The van der Waals surface area contributed by atoms with Crippen molar-refractivity contribution in [2.75, 3.05) is 0 Å². The van der Waals surface area contributed by atoms with E-state index in [4.69, 9.17) is 9.47 Å². The minimum Gasteiger partial charge on any atom is -0.489 e. The minimum absolute atomic E-state index is 0.223. The Bertz CT molecular complexity index is 962. The van der Waals surface area contributed by atoms with Gasteiger partial charge in [-0.1, -0.05) is 67.6 Å². The molecule has 29 heavy (non-hydrogen) atoms. The standard InChI is InChI=1S/C25H24O4/c1-3-19-13-15-20(16-14-19)24(26)18(2)29-25(27)23-12-8-7-9-21(23)17-28-22-10-5-4-6-11-22/h4-16,18H,3,17H2,1-2H3/t18-/m1/s1. The van der Waals surface area contributed by atoms with Gasteiger partial charge in [0.25, 0.3) is 0 Å². The summed E-state index contributed by atoms with van der Waals surface area (Å²) in [6.07, 6.45) is 0.0268. The molecule has 0 unspecified atom stereocenters. The lowest BCUT2D eigenvalue weighted by Crippen LogP contribution is -2.25. The van der Waals surface area contributed by atoms with E-state index in [9.17, 15) is 9.59 Å². The Labute approximate surface area is 171 Å². The van der Waals surface area contributed by atoms with E-state index in [2.05, 4.69) is 6.92 Å². The van der Waals surface area contributed by atoms with E-state index < -0.39 is 12.1 Å². The highest BCUT2D eigenvalue weighted by molar-refractivity contribution is 6.01. The van der Waals surface area contributed by atoms with Crippen molar-refractivity contribution in [2.24, 2.45) is 0 Å². The quantitative estimate of drug-likeness (QED) is 0.390. The Kier molecular flexibility index (Phi) is 6.80. The summed E-state index contributed by atoms with van der Waals surface area (Å²) < 4.78 is 11.2. The summed E-state index contributed by atoms with van der Waals surface area (Å²) in [5.41, 5.74) is 2.78. The third-order valence-electron chi connectivity index (χ3n) is 4.67. The maximum Gasteiger partial charge on any atom is 0.339 e. The Morgan fingerprint density at radius 3 is 2.21 bits per heavy atom. The molecule has 0 N–H and O–H groups in total. The van der Waals surface area contributed by atoms with Crippen LogP contribution in [0.3, 0.4) is 0 Å². The zero-order chi connectivity index (χ0) is 20.6. The van der Waals surface area contributed by atoms with Crippen molar-refractivity contribution in [3.8, 4) is 5.75 Å². The molecule has 0 fully saturated rings. The fraction of sp³-hybridized carbons (Fsp3) is 0.200. The van der Waals surface area contributed by atoms with E-state index in [-0.39, 0.29) is 12.4 Å². The van der Waals surface area contributed by atoms with Crippen LogP contribution in [0, 0.1) is 0 Å². The largest absolute Gasteiger partial charge is 0.489 e. The number of aryl methyl sites for hydroxylation is 1. The van der Waals surface area contributed by atoms with Crippen LogP contribution in [0.1, 0.15) is 45.7 Å². The number of carbonyl (C=O) groups is 2. The normalized spacial score (nSPS) is 11.5. The fourth-order valence-corrected chi connectivity index (χ4v) is 2.94. The summed E-state index contributed by atoms with van der Waals surface area (Å²) in [6, 6.07) is 23.9. The fourth-order valence-electron chi connectivity index (χ4n) is 2.94. The molecule has 148 valence electrons. The third kappa shape index (κ3) is 5.32. The monoisotopic (exact) mass is 388 g/mol. The summed E-state index contributed by atoms with van der Waals surface area (Å²) >= 11 is 0. The van der Waals surface area contributed by atoms with Gasteiger partial charge in [-0.05, 0) is 37.1 Å². The van der Waals surface area contributed by atoms with E-state index >= 15 is 0 Å². The summed E-state index contributed by atoms with van der Waals surface area (Å²) in [6.45, 7) is 3.88. The molecule has 0 saturated carbocycles. The van der Waals surface area contributed by atoms with Gasteiger partial charge in [0.15, 0.2) is 6.10 Å². The second-order valence-corrected chi connectivity index (χ2v) is 6.72. The number of para-hydroxylation sites is 1. The predicted octanol–water partition coefficient (Wildman–Crippen LogP) is 5.26. The number of Topliss-reactive ketones (excluding diaryl/α,β-unsaturated/α-hetero) is 1. The van der Waals surface area contributed by atoms with Crippen LogP contribution >= 0.6 is 0 Å². The average Bonchev–Trinajstić information content (AvgIpc) is 2.78. The Hall–Kier alpha value is -3.40. The highest BCUT2D eigenvalue weighted by Gasteiger charge is 2.22. The number of ether oxygens (including phenoxy) is 2. The number of hydrogen-bond donors (Lipinski definition) is 0. The molecular weight excluding hydrogens is 364 g/mol. The van der Waals surface area contributed by atoms with Gasteiger partial charge in [-0.15, -0.1) is 0 Å². The van der Waals surface area contributed by atoms with Crippen LogP contribution in [0.5, 0.6) is 5.75 Å². The average molecular weight is 388 g/mol.